The van der Waals surface area contributed by atoms with E-state index in [-0.39, 0.29) is 0 Å². The van der Waals surface area contributed by atoms with E-state index in [1.807, 2.05) is 0 Å². The van der Waals surface area contributed by atoms with Crippen LogP contribution in [0.1, 0.15) is 67.2 Å². The van der Waals surface area contributed by atoms with Gasteiger partial charge in [-0.1, -0.05) is 54.4 Å². The van der Waals surface area contributed by atoms with Crippen molar-refractivity contribution in [2.45, 2.75) is 67.2 Å². The molecule has 0 saturated carbocycles. The third-order valence-corrected chi connectivity index (χ3v) is 3.21. The highest BCUT2D eigenvalue weighted by atomic mass is 14.8. The lowest BCUT2D eigenvalue weighted by Crippen LogP contribution is -2.26. The SMILES string of the molecule is CCCC(C)CC(C)(C)CCNCC(C)C. The Morgan fingerprint density at radius 1 is 1.12 bits per heavy atom. The molecule has 0 saturated heterocycles. The molecule has 16 heavy (non-hydrogen) atoms. The van der Waals surface area contributed by atoms with E-state index in [4.69, 9.17) is 0 Å². The van der Waals surface area contributed by atoms with Gasteiger partial charge in [-0.25, -0.2) is 0 Å². The molecule has 0 aliphatic heterocycles. The predicted octanol–water partition coefficient (Wildman–Crippen LogP) is 4.47. The zero-order chi connectivity index (χ0) is 12.6. The van der Waals surface area contributed by atoms with Crippen molar-refractivity contribution in [2.75, 3.05) is 13.1 Å². The van der Waals surface area contributed by atoms with Crippen molar-refractivity contribution in [1.82, 2.24) is 5.32 Å². The summed E-state index contributed by atoms with van der Waals surface area (Å²) in [7, 11) is 0. The summed E-state index contributed by atoms with van der Waals surface area (Å²) in [5.74, 6) is 1.65. The van der Waals surface area contributed by atoms with Crippen LogP contribution in [0.4, 0.5) is 0 Å². The molecule has 0 rings (SSSR count). The Labute approximate surface area is 103 Å². The molecule has 0 spiro atoms. The van der Waals surface area contributed by atoms with E-state index in [9.17, 15) is 0 Å². The number of rotatable bonds is 9. The fraction of sp³-hybridized carbons (Fsp3) is 1.00. The summed E-state index contributed by atoms with van der Waals surface area (Å²) in [6.45, 7) is 16.4. The van der Waals surface area contributed by atoms with Crippen molar-refractivity contribution in [3.05, 3.63) is 0 Å². The average Bonchev–Trinajstić information content (AvgIpc) is 2.11. The standard InChI is InChI=1S/C15H33N/c1-7-8-14(4)11-15(5,6)9-10-16-12-13(2)3/h13-14,16H,7-12H2,1-6H3. The van der Waals surface area contributed by atoms with Crippen LogP contribution in [-0.4, -0.2) is 13.1 Å². The first-order valence-electron chi connectivity index (χ1n) is 7.08. The minimum atomic E-state index is 0.499. The Morgan fingerprint density at radius 2 is 1.75 bits per heavy atom. The Kier molecular flexibility index (Phi) is 8.09. The molecule has 0 heterocycles. The normalized spacial score (nSPS) is 14.4. The fourth-order valence-corrected chi connectivity index (χ4v) is 2.46. The fourth-order valence-electron chi connectivity index (χ4n) is 2.46. The van der Waals surface area contributed by atoms with Crippen LogP contribution in [0.3, 0.4) is 0 Å². The van der Waals surface area contributed by atoms with Gasteiger partial charge in [-0.15, -0.1) is 0 Å². The molecule has 0 radical (unpaired) electrons. The van der Waals surface area contributed by atoms with E-state index in [1.54, 1.807) is 0 Å². The Morgan fingerprint density at radius 3 is 2.25 bits per heavy atom. The summed E-state index contributed by atoms with van der Waals surface area (Å²) in [5, 5.41) is 3.55. The van der Waals surface area contributed by atoms with Gasteiger partial charge < -0.3 is 5.32 Å². The highest BCUT2D eigenvalue weighted by Gasteiger charge is 2.20. The van der Waals surface area contributed by atoms with Crippen molar-refractivity contribution in [1.29, 1.82) is 0 Å². The van der Waals surface area contributed by atoms with Crippen LogP contribution in [0.15, 0.2) is 0 Å². The second-order valence-corrected chi connectivity index (χ2v) is 6.61. The zero-order valence-corrected chi connectivity index (χ0v) is 12.4. The van der Waals surface area contributed by atoms with Gasteiger partial charge in [-0.2, -0.15) is 0 Å². The molecule has 0 aromatic heterocycles. The van der Waals surface area contributed by atoms with Crippen LogP contribution in [0.2, 0.25) is 0 Å². The molecule has 0 fully saturated rings. The van der Waals surface area contributed by atoms with E-state index in [2.05, 4.69) is 46.9 Å². The predicted molar refractivity (Wildman–Crippen MR) is 74.8 cm³/mol. The van der Waals surface area contributed by atoms with Crippen molar-refractivity contribution >= 4 is 0 Å². The van der Waals surface area contributed by atoms with Gasteiger partial charge >= 0.3 is 0 Å². The lowest BCUT2D eigenvalue weighted by atomic mass is 9.79. The summed E-state index contributed by atoms with van der Waals surface area (Å²) < 4.78 is 0. The van der Waals surface area contributed by atoms with Crippen LogP contribution in [0.25, 0.3) is 0 Å². The Hall–Kier alpha value is -0.0400. The molecule has 0 amide bonds. The summed E-state index contributed by atoms with van der Waals surface area (Å²) in [5.41, 5.74) is 0.499. The zero-order valence-electron chi connectivity index (χ0n) is 12.4. The van der Waals surface area contributed by atoms with Gasteiger partial charge in [0.1, 0.15) is 0 Å². The molecule has 98 valence electrons. The second kappa shape index (κ2) is 8.11. The molecule has 1 heteroatoms. The summed E-state index contributed by atoms with van der Waals surface area (Å²) in [6.07, 6.45) is 5.36. The smallest absolute Gasteiger partial charge is 0.00258 e. The van der Waals surface area contributed by atoms with E-state index in [0.29, 0.717) is 5.41 Å². The molecule has 1 atom stereocenters. The van der Waals surface area contributed by atoms with Crippen molar-refractivity contribution < 1.29 is 0 Å². The van der Waals surface area contributed by atoms with Crippen molar-refractivity contribution in [3.63, 3.8) is 0 Å². The number of hydrogen-bond donors (Lipinski definition) is 1. The maximum absolute atomic E-state index is 3.55. The van der Waals surface area contributed by atoms with Crippen molar-refractivity contribution in [3.8, 4) is 0 Å². The first-order valence-corrected chi connectivity index (χ1v) is 7.08. The minimum Gasteiger partial charge on any atom is -0.316 e. The topological polar surface area (TPSA) is 12.0 Å². The Balaban J connectivity index is 3.69. The van der Waals surface area contributed by atoms with Crippen LogP contribution in [0.5, 0.6) is 0 Å². The first-order chi connectivity index (χ1) is 7.37. The highest BCUT2D eigenvalue weighted by Crippen LogP contribution is 2.30. The van der Waals surface area contributed by atoms with Gasteiger partial charge in [-0.3, -0.25) is 0 Å². The Bertz CT molecular complexity index is 161. The van der Waals surface area contributed by atoms with Gasteiger partial charge in [0.15, 0.2) is 0 Å². The summed E-state index contributed by atoms with van der Waals surface area (Å²) in [6, 6.07) is 0. The van der Waals surface area contributed by atoms with Gasteiger partial charge in [-0.05, 0) is 43.2 Å². The molecule has 1 N–H and O–H groups in total. The number of nitrogens with one attached hydrogen (secondary N) is 1. The minimum absolute atomic E-state index is 0.499. The molecule has 0 aliphatic carbocycles. The monoisotopic (exact) mass is 227 g/mol. The van der Waals surface area contributed by atoms with Crippen LogP contribution >= 0.6 is 0 Å². The van der Waals surface area contributed by atoms with Gasteiger partial charge in [0.25, 0.3) is 0 Å². The van der Waals surface area contributed by atoms with E-state index in [0.717, 1.165) is 18.4 Å². The lowest BCUT2D eigenvalue weighted by Gasteiger charge is -2.28. The first kappa shape index (κ1) is 16.0. The van der Waals surface area contributed by atoms with Gasteiger partial charge in [0, 0.05) is 0 Å². The van der Waals surface area contributed by atoms with Crippen LogP contribution in [0, 0.1) is 17.3 Å². The third-order valence-electron chi connectivity index (χ3n) is 3.21. The van der Waals surface area contributed by atoms with E-state index >= 15 is 0 Å². The largest absolute Gasteiger partial charge is 0.316 e. The van der Waals surface area contributed by atoms with Crippen LogP contribution < -0.4 is 5.32 Å². The second-order valence-electron chi connectivity index (χ2n) is 6.61. The molecule has 0 bridgehead atoms. The van der Waals surface area contributed by atoms with E-state index in [1.165, 1.54) is 32.2 Å². The average molecular weight is 227 g/mol. The molecular formula is C15H33N. The lowest BCUT2D eigenvalue weighted by molar-refractivity contribution is 0.245. The molecule has 0 aliphatic rings. The van der Waals surface area contributed by atoms with E-state index < -0.39 is 0 Å². The van der Waals surface area contributed by atoms with Gasteiger partial charge in [0.2, 0.25) is 0 Å². The quantitative estimate of drug-likeness (QED) is 0.573. The highest BCUT2D eigenvalue weighted by molar-refractivity contribution is 4.73. The molecule has 0 aromatic rings. The van der Waals surface area contributed by atoms with Crippen molar-refractivity contribution in [2.24, 2.45) is 17.3 Å². The molecule has 1 nitrogen and oxygen atoms in total. The molecule has 1 unspecified atom stereocenters. The summed E-state index contributed by atoms with van der Waals surface area (Å²) >= 11 is 0. The summed E-state index contributed by atoms with van der Waals surface area (Å²) in [4.78, 5) is 0. The number of hydrogen-bond acceptors (Lipinski definition) is 1. The molecule has 0 aromatic carbocycles. The third kappa shape index (κ3) is 9.21. The van der Waals surface area contributed by atoms with Gasteiger partial charge in [0.05, 0.1) is 0 Å². The maximum Gasteiger partial charge on any atom is -0.00258 e. The maximum atomic E-state index is 3.55. The molecular weight excluding hydrogens is 194 g/mol. The van der Waals surface area contributed by atoms with Crippen LogP contribution in [-0.2, 0) is 0 Å².